The molecular weight excluding hydrogens is 332 g/mol. The van der Waals surface area contributed by atoms with Crippen LogP contribution >= 0.6 is 11.3 Å². The standard InChI is InChI=1S/C12H16N2O4S3/c1-2-5-20(15,16)6-7-21(17,18)12-14-10-4-3-9(13)8-11(10)19-12/h3-4,8H,2,5-7,13H2,1H3. The van der Waals surface area contributed by atoms with Crippen LogP contribution in [0.5, 0.6) is 0 Å². The molecule has 21 heavy (non-hydrogen) atoms. The molecule has 2 N–H and O–H groups in total. The van der Waals surface area contributed by atoms with Crippen molar-refractivity contribution < 1.29 is 16.8 Å². The van der Waals surface area contributed by atoms with Crippen LogP contribution in [0.4, 0.5) is 5.69 Å². The predicted molar refractivity (Wildman–Crippen MR) is 85.0 cm³/mol. The number of nitrogens with zero attached hydrogens (tertiary/aromatic N) is 1. The Hall–Kier alpha value is -1.19. The molecule has 1 aromatic heterocycles. The van der Waals surface area contributed by atoms with E-state index in [1.54, 1.807) is 25.1 Å². The number of rotatable bonds is 6. The van der Waals surface area contributed by atoms with E-state index >= 15 is 0 Å². The molecule has 0 aliphatic heterocycles. The van der Waals surface area contributed by atoms with Gasteiger partial charge in [0.1, 0.15) is 0 Å². The van der Waals surface area contributed by atoms with Crippen molar-refractivity contribution in [2.45, 2.75) is 17.7 Å². The van der Waals surface area contributed by atoms with Gasteiger partial charge in [0.25, 0.3) is 0 Å². The first-order valence-electron chi connectivity index (χ1n) is 6.33. The van der Waals surface area contributed by atoms with Gasteiger partial charge in [0.15, 0.2) is 9.84 Å². The topological polar surface area (TPSA) is 107 Å². The lowest BCUT2D eigenvalue weighted by molar-refractivity contribution is 0.586. The summed E-state index contributed by atoms with van der Waals surface area (Å²) < 4.78 is 48.2. The number of nitrogens with two attached hydrogens (primary N) is 1. The van der Waals surface area contributed by atoms with E-state index in [9.17, 15) is 16.8 Å². The second-order valence-corrected chi connectivity index (χ2v) is 10.3. The van der Waals surface area contributed by atoms with Crippen LogP contribution in [0.2, 0.25) is 0 Å². The third kappa shape index (κ3) is 3.92. The van der Waals surface area contributed by atoms with Gasteiger partial charge in [-0.1, -0.05) is 6.92 Å². The number of anilines is 1. The molecule has 1 aromatic carbocycles. The van der Waals surface area contributed by atoms with Crippen molar-refractivity contribution in [3.05, 3.63) is 18.2 Å². The van der Waals surface area contributed by atoms with Crippen molar-refractivity contribution in [3.8, 4) is 0 Å². The minimum atomic E-state index is -3.70. The lowest BCUT2D eigenvalue weighted by Crippen LogP contribution is -2.19. The van der Waals surface area contributed by atoms with Crippen LogP contribution in [0.25, 0.3) is 10.2 Å². The van der Waals surface area contributed by atoms with E-state index in [0.29, 0.717) is 22.3 Å². The predicted octanol–water partition coefficient (Wildman–Crippen LogP) is 1.48. The summed E-state index contributed by atoms with van der Waals surface area (Å²) in [6.45, 7) is 1.74. The maximum atomic E-state index is 12.2. The SMILES string of the molecule is CCCS(=O)(=O)CCS(=O)(=O)c1nc2ccc(N)cc2s1. The first-order valence-corrected chi connectivity index (χ1v) is 10.6. The third-order valence-electron chi connectivity index (χ3n) is 2.84. The minimum absolute atomic E-state index is 0.00109. The highest BCUT2D eigenvalue weighted by molar-refractivity contribution is 7.96. The molecule has 0 aliphatic rings. The summed E-state index contributed by atoms with van der Waals surface area (Å²) in [5.41, 5.74) is 6.72. The Morgan fingerprint density at radius 3 is 2.52 bits per heavy atom. The molecule has 0 aliphatic carbocycles. The fourth-order valence-electron chi connectivity index (χ4n) is 1.79. The van der Waals surface area contributed by atoms with E-state index in [-0.39, 0.29) is 15.8 Å². The number of aromatic nitrogens is 1. The number of fused-ring (bicyclic) bond motifs is 1. The van der Waals surface area contributed by atoms with Gasteiger partial charge in [0.05, 0.1) is 21.7 Å². The zero-order valence-electron chi connectivity index (χ0n) is 11.4. The fourth-order valence-corrected chi connectivity index (χ4v) is 6.69. The van der Waals surface area contributed by atoms with Crippen molar-refractivity contribution in [2.75, 3.05) is 23.0 Å². The average molecular weight is 348 g/mol. The number of hydrogen-bond donors (Lipinski definition) is 1. The Balaban J connectivity index is 2.25. The molecule has 0 radical (unpaired) electrons. The molecular formula is C12H16N2O4S3. The molecule has 0 saturated heterocycles. The second kappa shape index (κ2) is 5.90. The highest BCUT2D eigenvalue weighted by atomic mass is 32.2. The molecule has 116 valence electrons. The van der Waals surface area contributed by atoms with Crippen molar-refractivity contribution in [2.24, 2.45) is 0 Å². The average Bonchev–Trinajstić information content (AvgIpc) is 2.80. The first kappa shape index (κ1) is 16.2. The molecule has 0 bridgehead atoms. The summed E-state index contributed by atoms with van der Waals surface area (Å²) in [5.74, 6) is -0.815. The molecule has 2 rings (SSSR count). The fraction of sp³-hybridized carbons (Fsp3) is 0.417. The Labute approximate surface area is 127 Å². The van der Waals surface area contributed by atoms with Crippen LogP contribution < -0.4 is 5.73 Å². The molecule has 2 aromatic rings. The summed E-state index contributed by atoms with van der Waals surface area (Å²) in [6, 6.07) is 4.94. The normalized spacial score (nSPS) is 12.8. The molecule has 1 heterocycles. The molecule has 0 fully saturated rings. The van der Waals surface area contributed by atoms with Crippen LogP contribution in [-0.2, 0) is 19.7 Å². The monoisotopic (exact) mass is 348 g/mol. The second-order valence-electron chi connectivity index (χ2n) is 4.68. The van der Waals surface area contributed by atoms with E-state index in [2.05, 4.69) is 4.98 Å². The molecule has 0 unspecified atom stereocenters. The van der Waals surface area contributed by atoms with Crippen LogP contribution in [0.1, 0.15) is 13.3 Å². The Morgan fingerprint density at radius 2 is 1.86 bits per heavy atom. The van der Waals surface area contributed by atoms with Crippen LogP contribution in [0, 0.1) is 0 Å². The molecule has 9 heteroatoms. The van der Waals surface area contributed by atoms with E-state index in [4.69, 9.17) is 5.73 Å². The van der Waals surface area contributed by atoms with E-state index < -0.39 is 25.4 Å². The van der Waals surface area contributed by atoms with E-state index in [1.165, 1.54) is 0 Å². The Morgan fingerprint density at radius 1 is 1.14 bits per heavy atom. The van der Waals surface area contributed by atoms with E-state index in [1.807, 2.05) is 0 Å². The van der Waals surface area contributed by atoms with Crippen molar-refractivity contribution in [3.63, 3.8) is 0 Å². The number of thiazole rings is 1. The van der Waals surface area contributed by atoms with Gasteiger partial charge >= 0.3 is 0 Å². The highest BCUT2D eigenvalue weighted by Gasteiger charge is 2.23. The van der Waals surface area contributed by atoms with Crippen molar-refractivity contribution in [1.82, 2.24) is 4.98 Å². The van der Waals surface area contributed by atoms with Gasteiger partial charge in [-0.05, 0) is 24.6 Å². The molecule has 6 nitrogen and oxygen atoms in total. The van der Waals surface area contributed by atoms with Crippen molar-refractivity contribution >= 4 is 46.9 Å². The summed E-state index contributed by atoms with van der Waals surface area (Å²) in [4.78, 5) is 4.05. The molecule has 0 spiro atoms. The Bertz CT molecular complexity index is 854. The van der Waals surface area contributed by atoms with Gasteiger partial charge in [0.2, 0.25) is 14.2 Å². The minimum Gasteiger partial charge on any atom is -0.399 e. The van der Waals surface area contributed by atoms with E-state index in [0.717, 1.165) is 11.3 Å². The third-order valence-corrected chi connectivity index (χ3v) is 8.14. The highest BCUT2D eigenvalue weighted by Crippen LogP contribution is 2.27. The molecule has 0 saturated carbocycles. The van der Waals surface area contributed by atoms with Crippen LogP contribution in [0.15, 0.2) is 22.5 Å². The zero-order valence-corrected chi connectivity index (χ0v) is 13.9. The van der Waals surface area contributed by atoms with Gasteiger partial charge in [0, 0.05) is 11.4 Å². The van der Waals surface area contributed by atoms with Gasteiger partial charge in [-0.25, -0.2) is 21.8 Å². The zero-order chi connectivity index (χ0) is 15.7. The first-order chi connectivity index (χ1) is 9.73. The number of sulfone groups is 2. The number of benzene rings is 1. The number of hydrogen-bond acceptors (Lipinski definition) is 7. The quantitative estimate of drug-likeness (QED) is 0.792. The van der Waals surface area contributed by atoms with Crippen LogP contribution in [-0.4, -0.2) is 39.1 Å². The van der Waals surface area contributed by atoms with Crippen LogP contribution in [0.3, 0.4) is 0 Å². The summed E-state index contributed by atoms with van der Waals surface area (Å²) in [5, 5.41) is 0. The Kier molecular flexibility index (Phi) is 4.54. The molecule has 0 atom stereocenters. The summed E-state index contributed by atoms with van der Waals surface area (Å²) >= 11 is 1.01. The molecule has 0 amide bonds. The summed E-state index contributed by atoms with van der Waals surface area (Å²) in [7, 11) is -7.03. The smallest absolute Gasteiger partial charge is 0.210 e. The maximum Gasteiger partial charge on any atom is 0.210 e. The van der Waals surface area contributed by atoms with Gasteiger partial charge in [-0.2, -0.15) is 0 Å². The largest absolute Gasteiger partial charge is 0.399 e. The maximum absolute atomic E-state index is 12.2. The van der Waals surface area contributed by atoms with Gasteiger partial charge in [-0.15, -0.1) is 11.3 Å². The van der Waals surface area contributed by atoms with Gasteiger partial charge < -0.3 is 5.73 Å². The lowest BCUT2D eigenvalue weighted by atomic mass is 10.3. The number of nitrogen functional groups attached to an aromatic ring is 1. The lowest BCUT2D eigenvalue weighted by Gasteiger charge is -2.02. The van der Waals surface area contributed by atoms with Crippen molar-refractivity contribution in [1.29, 1.82) is 0 Å². The summed E-state index contributed by atoms with van der Waals surface area (Å²) in [6.07, 6.45) is 0.475. The van der Waals surface area contributed by atoms with Gasteiger partial charge in [-0.3, -0.25) is 0 Å².